The number of ether oxygens (including phenoxy) is 1. The van der Waals surface area contributed by atoms with E-state index in [9.17, 15) is 14.4 Å². The Kier molecular flexibility index (Phi) is 7.95. The number of amides is 1. The van der Waals surface area contributed by atoms with E-state index < -0.39 is 0 Å². The maximum atomic E-state index is 14.0. The first-order valence-electron chi connectivity index (χ1n) is 13.2. The van der Waals surface area contributed by atoms with Crippen LogP contribution in [-0.2, 0) is 9.59 Å². The van der Waals surface area contributed by atoms with Gasteiger partial charge in [0.05, 0.1) is 11.9 Å². The van der Waals surface area contributed by atoms with E-state index in [2.05, 4.69) is 27.2 Å². The number of fused-ring (bicyclic) bond motifs is 1. The maximum Gasteiger partial charge on any atom is 0.278 e. The van der Waals surface area contributed by atoms with Gasteiger partial charge in [-0.05, 0) is 56.2 Å². The van der Waals surface area contributed by atoms with Gasteiger partial charge in [-0.25, -0.2) is 9.97 Å². The molecule has 0 atom stereocenters. The summed E-state index contributed by atoms with van der Waals surface area (Å²) in [6.07, 6.45) is 7.88. The summed E-state index contributed by atoms with van der Waals surface area (Å²) in [5.41, 5.74) is 2.80. The third-order valence-corrected chi connectivity index (χ3v) is 6.71. The lowest BCUT2D eigenvalue weighted by Crippen LogP contribution is -2.28. The van der Waals surface area contributed by atoms with E-state index in [1.54, 1.807) is 48.7 Å². The Balaban J connectivity index is 1.59. The Morgan fingerprint density at radius 1 is 1.07 bits per heavy atom. The van der Waals surface area contributed by atoms with Crippen LogP contribution in [0.5, 0.6) is 5.75 Å². The van der Waals surface area contributed by atoms with Crippen LogP contribution < -0.4 is 20.9 Å². The van der Waals surface area contributed by atoms with Crippen molar-refractivity contribution in [2.45, 2.75) is 44.9 Å². The molecule has 10 nitrogen and oxygen atoms in total. The molecule has 2 aromatic carbocycles. The molecule has 2 heterocycles. The summed E-state index contributed by atoms with van der Waals surface area (Å²) >= 11 is 0. The second-order valence-corrected chi connectivity index (χ2v) is 9.76. The van der Waals surface area contributed by atoms with Gasteiger partial charge < -0.3 is 15.4 Å². The zero-order valence-corrected chi connectivity index (χ0v) is 22.2. The minimum atomic E-state index is -0.352. The maximum absolute atomic E-state index is 14.0. The number of hydrogen-bond acceptors (Lipinski definition) is 8. The SMILES string of the molecule is C=CC(=O)Nc1cccc(-n2c(=O)c(C3CCCCC3)nc3cnc(Nc4cccc(OCC(C)=O)c4)nc32)c1. The average molecular weight is 539 g/mol. The lowest BCUT2D eigenvalue weighted by molar-refractivity contribution is -0.119. The van der Waals surface area contributed by atoms with Crippen LogP contribution in [0.2, 0.25) is 0 Å². The predicted molar refractivity (Wildman–Crippen MR) is 153 cm³/mol. The highest BCUT2D eigenvalue weighted by molar-refractivity contribution is 5.99. The molecule has 5 rings (SSSR count). The quantitative estimate of drug-likeness (QED) is 0.283. The van der Waals surface area contributed by atoms with Crippen LogP contribution in [-0.4, -0.2) is 37.8 Å². The molecule has 1 aliphatic rings. The molecule has 2 N–H and O–H groups in total. The van der Waals surface area contributed by atoms with E-state index in [-0.39, 0.29) is 35.7 Å². The number of anilines is 3. The van der Waals surface area contributed by atoms with E-state index in [4.69, 9.17) is 9.72 Å². The number of Topliss-reactive ketones (excluding diaryl/α,β-unsaturated/α-hetero) is 1. The summed E-state index contributed by atoms with van der Waals surface area (Å²) in [6.45, 7) is 4.94. The first-order valence-corrected chi connectivity index (χ1v) is 13.2. The van der Waals surface area contributed by atoms with Crippen molar-refractivity contribution in [3.05, 3.63) is 83.4 Å². The largest absolute Gasteiger partial charge is 0.486 e. The van der Waals surface area contributed by atoms with Gasteiger partial charge in [-0.3, -0.25) is 19.0 Å². The van der Waals surface area contributed by atoms with Gasteiger partial charge in [-0.1, -0.05) is 38.0 Å². The normalized spacial score (nSPS) is 13.5. The molecular formula is C30H30N6O4. The molecule has 0 saturated heterocycles. The van der Waals surface area contributed by atoms with E-state index >= 15 is 0 Å². The first-order chi connectivity index (χ1) is 19.4. The number of benzene rings is 2. The van der Waals surface area contributed by atoms with Gasteiger partial charge in [-0.2, -0.15) is 4.98 Å². The zero-order valence-electron chi connectivity index (χ0n) is 22.2. The van der Waals surface area contributed by atoms with Crippen molar-refractivity contribution in [3.63, 3.8) is 0 Å². The number of rotatable bonds is 9. The molecule has 1 saturated carbocycles. The summed E-state index contributed by atoms with van der Waals surface area (Å²) in [5, 5.41) is 5.89. The third-order valence-electron chi connectivity index (χ3n) is 6.71. The van der Waals surface area contributed by atoms with E-state index in [1.807, 2.05) is 6.07 Å². The smallest absolute Gasteiger partial charge is 0.278 e. The van der Waals surface area contributed by atoms with E-state index in [1.165, 1.54) is 17.6 Å². The summed E-state index contributed by atoms with van der Waals surface area (Å²) in [4.78, 5) is 51.1. The predicted octanol–water partition coefficient (Wildman–Crippen LogP) is 5.06. The Morgan fingerprint density at radius 3 is 2.62 bits per heavy atom. The van der Waals surface area contributed by atoms with Gasteiger partial charge in [0.2, 0.25) is 11.9 Å². The summed E-state index contributed by atoms with van der Waals surface area (Å²) in [6, 6.07) is 14.1. The van der Waals surface area contributed by atoms with E-state index in [0.29, 0.717) is 39.7 Å². The van der Waals surface area contributed by atoms with Crippen molar-refractivity contribution in [1.29, 1.82) is 0 Å². The van der Waals surface area contributed by atoms with Crippen LogP contribution in [0.4, 0.5) is 17.3 Å². The minimum absolute atomic E-state index is 0.0243. The second-order valence-electron chi connectivity index (χ2n) is 9.76. The Morgan fingerprint density at radius 2 is 1.85 bits per heavy atom. The number of hydrogen-bond donors (Lipinski definition) is 2. The van der Waals surface area contributed by atoms with Crippen LogP contribution in [0, 0.1) is 0 Å². The molecule has 1 amide bonds. The van der Waals surface area contributed by atoms with Crippen LogP contribution in [0.3, 0.4) is 0 Å². The Hall–Kier alpha value is -4.86. The number of carbonyl (C=O) groups excluding carboxylic acids is 2. The van der Waals surface area contributed by atoms with Crippen molar-refractivity contribution >= 4 is 40.2 Å². The van der Waals surface area contributed by atoms with Gasteiger partial charge in [0.15, 0.2) is 11.4 Å². The van der Waals surface area contributed by atoms with Gasteiger partial charge >= 0.3 is 0 Å². The van der Waals surface area contributed by atoms with Gasteiger partial charge in [0.25, 0.3) is 5.56 Å². The molecule has 10 heteroatoms. The molecule has 4 aromatic rings. The molecular weight excluding hydrogens is 508 g/mol. The second kappa shape index (κ2) is 11.9. The molecule has 2 aromatic heterocycles. The molecule has 0 unspecified atom stereocenters. The molecule has 1 fully saturated rings. The number of nitrogens with zero attached hydrogens (tertiary/aromatic N) is 4. The molecule has 204 valence electrons. The number of nitrogens with one attached hydrogen (secondary N) is 2. The topological polar surface area (TPSA) is 128 Å². The fourth-order valence-electron chi connectivity index (χ4n) is 4.83. The lowest BCUT2D eigenvalue weighted by atomic mass is 9.87. The average Bonchev–Trinajstić information content (AvgIpc) is 2.96. The highest BCUT2D eigenvalue weighted by Gasteiger charge is 2.24. The highest BCUT2D eigenvalue weighted by atomic mass is 16.5. The first kappa shape index (κ1) is 26.7. The summed E-state index contributed by atoms with van der Waals surface area (Å²) < 4.78 is 7.04. The summed E-state index contributed by atoms with van der Waals surface area (Å²) in [7, 11) is 0. The van der Waals surface area contributed by atoms with Crippen molar-refractivity contribution in [3.8, 4) is 11.4 Å². The number of carbonyl (C=O) groups is 2. The molecule has 40 heavy (non-hydrogen) atoms. The minimum Gasteiger partial charge on any atom is -0.486 e. The van der Waals surface area contributed by atoms with Gasteiger partial charge in [0.1, 0.15) is 23.6 Å². The Bertz CT molecular complexity index is 1640. The Labute approximate surface area is 231 Å². The lowest BCUT2D eigenvalue weighted by Gasteiger charge is -2.22. The zero-order chi connectivity index (χ0) is 28.1. The fraction of sp³-hybridized carbons (Fsp3) is 0.267. The third kappa shape index (κ3) is 6.06. The molecule has 0 radical (unpaired) electrons. The van der Waals surface area contributed by atoms with Crippen molar-refractivity contribution < 1.29 is 14.3 Å². The number of ketones is 1. The van der Waals surface area contributed by atoms with Crippen LogP contribution in [0.15, 0.2) is 72.2 Å². The molecule has 0 bridgehead atoms. The van der Waals surface area contributed by atoms with Crippen molar-refractivity contribution in [2.75, 3.05) is 17.2 Å². The van der Waals surface area contributed by atoms with Crippen LogP contribution in [0.1, 0.15) is 50.6 Å². The van der Waals surface area contributed by atoms with Gasteiger partial charge in [-0.15, -0.1) is 0 Å². The molecule has 0 spiro atoms. The fourth-order valence-corrected chi connectivity index (χ4v) is 4.83. The summed E-state index contributed by atoms with van der Waals surface area (Å²) in [5.74, 6) is 0.414. The molecule has 1 aliphatic carbocycles. The van der Waals surface area contributed by atoms with Crippen molar-refractivity contribution in [1.82, 2.24) is 19.5 Å². The van der Waals surface area contributed by atoms with Crippen LogP contribution >= 0.6 is 0 Å². The highest BCUT2D eigenvalue weighted by Crippen LogP contribution is 2.31. The monoisotopic (exact) mass is 538 g/mol. The van der Waals surface area contributed by atoms with Gasteiger partial charge in [0, 0.05) is 23.4 Å². The van der Waals surface area contributed by atoms with Crippen LogP contribution in [0.25, 0.3) is 16.9 Å². The van der Waals surface area contributed by atoms with E-state index in [0.717, 1.165) is 32.1 Å². The molecule has 0 aliphatic heterocycles. The standard InChI is InChI=1S/C30H30N6O4/c1-3-26(38)32-21-11-7-13-23(15-21)36-28-25(34-27(29(36)39)20-9-5-4-6-10-20)17-31-30(35-28)33-22-12-8-14-24(16-22)40-18-19(2)37/h3,7-8,11-17,20H,1,4-6,9-10,18H2,2H3,(H,32,38)(H,31,33,35). The number of aromatic nitrogens is 4. The van der Waals surface area contributed by atoms with Crippen molar-refractivity contribution in [2.24, 2.45) is 0 Å².